The summed E-state index contributed by atoms with van der Waals surface area (Å²) in [4.78, 5) is 14.5. The smallest absolute Gasteiger partial charge is 0.249 e. The van der Waals surface area contributed by atoms with E-state index in [0.717, 1.165) is 30.1 Å². The molecular formula is C31H51F2N5OS. The summed E-state index contributed by atoms with van der Waals surface area (Å²) < 4.78 is 26.3. The molecule has 3 fully saturated rings. The van der Waals surface area contributed by atoms with Crippen LogP contribution in [0.2, 0.25) is 0 Å². The number of carbonyl (C=O) groups excluding carboxylic acids is 1. The van der Waals surface area contributed by atoms with Gasteiger partial charge in [-0.3, -0.25) is 9.93 Å². The van der Waals surface area contributed by atoms with Crippen molar-refractivity contribution in [2.75, 3.05) is 31.6 Å². The molecule has 1 heterocycles. The Bertz CT molecular complexity index is 951. The van der Waals surface area contributed by atoms with Gasteiger partial charge in [0.2, 0.25) is 5.92 Å². The molecule has 1 aromatic rings. The Kier molecular flexibility index (Phi) is 16.3. The average Bonchev–Trinajstić information content (AvgIpc) is 3.68. The first kappa shape index (κ1) is 35.8. The first-order chi connectivity index (χ1) is 19.2. The number of hydrogen-bond donors (Lipinski definition) is 5. The van der Waals surface area contributed by atoms with Crippen molar-refractivity contribution in [3.05, 3.63) is 53.3 Å². The number of allylic oxidation sites excluding steroid dienone is 3. The number of carbonyl (C=O) groups is 1. The Hall–Kier alpha value is -2.23. The molecule has 0 bridgehead atoms. The number of halogens is 2. The van der Waals surface area contributed by atoms with E-state index in [1.807, 2.05) is 6.92 Å². The number of thiol groups is 1. The third-order valence-corrected chi connectivity index (χ3v) is 8.18. The lowest BCUT2D eigenvalue weighted by Crippen LogP contribution is -2.35. The van der Waals surface area contributed by atoms with Crippen LogP contribution in [0, 0.1) is 10.8 Å². The molecule has 1 aromatic carbocycles. The number of benzene rings is 1. The maximum absolute atomic E-state index is 13.1. The van der Waals surface area contributed by atoms with Gasteiger partial charge >= 0.3 is 0 Å². The highest BCUT2D eigenvalue weighted by Gasteiger charge is 2.44. The fraction of sp³-hybridized carbons (Fsp3) is 0.613. The second kappa shape index (κ2) is 18.3. The Balaban J connectivity index is 0.000000375. The molecular weight excluding hydrogens is 528 g/mol. The van der Waals surface area contributed by atoms with Crippen LogP contribution >= 0.6 is 12.8 Å². The number of nitrogens with zero attached hydrogens (tertiary/aromatic N) is 1. The van der Waals surface area contributed by atoms with Gasteiger partial charge in [-0.2, -0.15) is 0 Å². The third kappa shape index (κ3) is 11.7. The van der Waals surface area contributed by atoms with Gasteiger partial charge in [-0.15, -0.1) is 12.8 Å². The maximum Gasteiger partial charge on any atom is 0.249 e. The van der Waals surface area contributed by atoms with Crippen LogP contribution in [0.1, 0.15) is 99.9 Å². The molecule has 3 aliphatic rings. The molecule has 9 heteroatoms. The zero-order valence-electron chi connectivity index (χ0n) is 24.7. The highest BCUT2D eigenvalue weighted by Crippen LogP contribution is 2.54. The molecule has 6 N–H and O–H groups in total. The van der Waals surface area contributed by atoms with Crippen molar-refractivity contribution in [3.63, 3.8) is 0 Å². The molecule has 0 aromatic heterocycles. The van der Waals surface area contributed by atoms with Crippen LogP contribution in [0.4, 0.5) is 14.5 Å². The van der Waals surface area contributed by atoms with Crippen LogP contribution < -0.4 is 21.1 Å². The summed E-state index contributed by atoms with van der Waals surface area (Å²) in [6.45, 7) is 8.66. The van der Waals surface area contributed by atoms with Gasteiger partial charge in [0.05, 0.1) is 0 Å². The first-order valence-corrected chi connectivity index (χ1v) is 14.8. The van der Waals surface area contributed by atoms with E-state index in [2.05, 4.69) is 53.1 Å². The van der Waals surface area contributed by atoms with Gasteiger partial charge in [0.15, 0.2) is 5.78 Å². The number of Topliss-reactive ketones (excluding diaryl/α,β-unsaturated/α-hetero) is 1. The Labute approximate surface area is 246 Å². The first-order valence-electron chi connectivity index (χ1n) is 14.3. The van der Waals surface area contributed by atoms with Crippen molar-refractivity contribution in [3.8, 4) is 0 Å². The van der Waals surface area contributed by atoms with Gasteiger partial charge in [0, 0.05) is 43.7 Å². The number of nitrogens with two attached hydrogens (primary N) is 2. The second-order valence-corrected chi connectivity index (χ2v) is 11.0. The topological polar surface area (TPSA) is 108 Å². The predicted octanol–water partition coefficient (Wildman–Crippen LogP) is 7.02. The molecule has 2 aliphatic carbocycles. The second-order valence-electron chi connectivity index (χ2n) is 11.0. The van der Waals surface area contributed by atoms with Gasteiger partial charge in [-0.05, 0) is 114 Å². The minimum Gasteiger partial charge on any atom is -0.405 e. The summed E-state index contributed by atoms with van der Waals surface area (Å²) in [6.07, 6.45) is 14.6. The van der Waals surface area contributed by atoms with Crippen molar-refractivity contribution in [1.29, 1.82) is 5.41 Å². The number of anilines is 1. The molecule has 0 radical (unpaired) electrons. The van der Waals surface area contributed by atoms with Crippen molar-refractivity contribution in [1.82, 2.24) is 5.32 Å². The lowest BCUT2D eigenvalue weighted by Gasteiger charge is -2.36. The van der Waals surface area contributed by atoms with Gasteiger partial charge < -0.3 is 21.4 Å². The lowest BCUT2D eigenvalue weighted by molar-refractivity contribution is -0.0142. The minimum absolute atomic E-state index is 0.107. The fourth-order valence-corrected chi connectivity index (χ4v) is 5.17. The van der Waals surface area contributed by atoms with E-state index in [4.69, 9.17) is 11.1 Å². The SMILES string of the molecule is C=N.CC(=O)c1ccc(C2CCC2)cc1N1CCC2(CC1)CC2.CNCCC(F)(F)CC/C=C(C)\C=C\N.NS. The van der Waals surface area contributed by atoms with Crippen molar-refractivity contribution in [2.24, 2.45) is 16.3 Å². The number of rotatable bonds is 10. The highest BCUT2D eigenvalue weighted by atomic mass is 32.1. The standard InChI is InChI=1S/C19H25NO.C11H20F2N2.CH3N.H3NS/c1-14(21)17-6-5-16(15-3-2-4-15)13-18(17)20-11-9-19(7-8-19)10-12-20;1-10(5-8-14)4-3-6-11(12,13)7-9-15-2;2*1-2/h5-6,13,15H,2-4,7-12H2,1H3;4-5,8,15H,3,6-7,9,14H2,1-2H3;2*2H,1H2/b;8-5+,10-4-;;. The van der Waals surface area contributed by atoms with E-state index >= 15 is 0 Å². The predicted molar refractivity (Wildman–Crippen MR) is 169 cm³/mol. The molecule has 0 unspecified atom stereocenters. The molecule has 6 nitrogen and oxygen atoms in total. The summed E-state index contributed by atoms with van der Waals surface area (Å²) in [7, 11) is 1.67. The van der Waals surface area contributed by atoms with Crippen LogP contribution in [0.5, 0.6) is 0 Å². The summed E-state index contributed by atoms with van der Waals surface area (Å²) >= 11 is 3.03. The quantitative estimate of drug-likeness (QED) is 0.0886. The van der Waals surface area contributed by atoms with Gasteiger partial charge in [0.1, 0.15) is 0 Å². The van der Waals surface area contributed by atoms with E-state index in [0.29, 0.717) is 18.4 Å². The van der Waals surface area contributed by atoms with Crippen LogP contribution in [0.3, 0.4) is 0 Å². The van der Waals surface area contributed by atoms with Gasteiger partial charge in [-0.1, -0.05) is 24.1 Å². The van der Waals surface area contributed by atoms with Gasteiger partial charge in [0.25, 0.3) is 0 Å². The van der Waals surface area contributed by atoms with Crippen LogP contribution in [-0.4, -0.2) is 45.1 Å². The molecule has 0 atom stereocenters. The summed E-state index contributed by atoms with van der Waals surface area (Å²) in [5, 5.41) is 12.4. The Morgan fingerprint density at radius 3 is 2.27 bits per heavy atom. The summed E-state index contributed by atoms with van der Waals surface area (Å²) in [5.74, 6) is -1.63. The monoisotopic (exact) mass is 579 g/mol. The number of nitrogens with one attached hydrogen (secondary N) is 2. The molecule has 1 spiro atoms. The normalized spacial score (nSPS) is 18.0. The average molecular weight is 580 g/mol. The van der Waals surface area contributed by atoms with E-state index in [9.17, 15) is 13.6 Å². The van der Waals surface area contributed by atoms with E-state index < -0.39 is 5.92 Å². The lowest BCUT2D eigenvalue weighted by atomic mass is 9.79. The maximum atomic E-state index is 13.1. The van der Waals surface area contributed by atoms with Crippen molar-refractivity contribution in [2.45, 2.75) is 89.9 Å². The minimum atomic E-state index is -2.58. The fourth-order valence-electron chi connectivity index (χ4n) is 5.17. The Morgan fingerprint density at radius 1 is 1.18 bits per heavy atom. The zero-order valence-corrected chi connectivity index (χ0v) is 25.5. The summed E-state index contributed by atoms with van der Waals surface area (Å²) in [6, 6.07) is 6.59. The molecule has 4 rings (SSSR count). The zero-order chi connectivity index (χ0) is 30.2. The molecule has 1 aliphatic heterocycles. The summed E-state index contributed by atoms with van der Waals surface area (Å²) in [5.41, 5.74) is 10.4. The Morgan fingerprint density at radius 2 is 1.80 bits per heavy atom. The highest BCUT2D eigenvalue weighted by molar-refractivity contribution is 7.77. The van der Waals surface area contributed by atoms with Crippen LogP contribution in [0.25, 0.3) is 0 Å². The van der Waals surface area contributed by atoms with E-state index in [1.54, 1.807) is 26.1 Å². The van der Waals surface area contributed by atoms with Crippen LogP contribution in [-0.2, 0) is 0 Å². The molecule has 40 heavy (non-hydrogen) atoms. The third-order valence-electron chi connectivity index (χ3n) is 8.18. The molecule has 2 saturated carbocycles. The molecule has 226 valence electrons. The molecule has 1 saturated heterocycles. The number of piperidine rings is 1. The number of hydrogen-bond acceptors (Lipinski definition) is 7. The molecule has 0 amide bonds. The van der Waals surface area contributed by atoms with Gasteiger partial charge in [-0.25, -0.2) is 8.78 Å². The number of alkyl halides is 2. The largest absolute Gasteiger partial charge is 0.405 e. The van der Waals surface area contributed by atoms with E-state index in [-0.39, 0.29) is 18.6 Å². The number of ketones is 1. The van der Waals surface area contributed by atoms with Crippen molar-refractivity contribution >= 4 is 31.0 Å². The van der Waals surface area contributed by atoms with E-state index in [1.165, 1.54) is 62.4 Å². The van der Waals surface area contributed by atoms with Crippen molar-refractivity contribution < 1.29 is 13.6 Å². The van der Waals surface area contributed by atoms with Crippen LogP contribution in [0.15, 0.2) is 42.1 Å².